The Morgan fingerprint density at radius 1 is 1.04 bits per heavy atom. The zero-order chi connectivity index (χ0) is 18.2. The molecule has 0 atom stereocenters. The van der Waals surface area contributed by atoms with E-state index in [2.05, 4.69) is 4.72 Å². The zero-order valence-electron chi connectivity index (χ0n) is 13.8. The van der Waals surface area contributed by atoms with Gasteiger partial charge in [0.2, 0.25) is 10.0 Å². The lowest BCUT2D eigenvalue weighted by molar-refractivity contribution is 0.415. The Morgan fingerprint density at radius 2 is 1.72 bits per heavy atom. The van der Waals surface area contributed by atoms with Gasteiger partial charge in [-0.05, 0) is 54.4 Å². The fourth-order valence-corrected chi connectivity index (χ4v) is 4.80. The van der Waals surface area contributed by atoms with E-state index in [1.165, 1.54) is 29.6 Å². The average Bonchev–Trinajstić information content (AvgIpc) is 2.98. The highest BCUT2D eigenvalue weighted by Gasteiger charge is 2.27. The summed E-state index contributed by atoms with van der Waals surface area (Å²) in [6.07, 6.45) is 1.62. The molecule has 2 aromatic rings. The number of fused-ring (bicyclic) bond motifs is 1. The predicted molar refractivity (Wildman–Crippen MR) is 96.1 cm³/mol. The first-order valence-corrected chi connectivity index (χ1v) is 10.8. The van der Waals surface area contributed by atoms with E-state index in [9.17, 15) is 16.8 Å². The third-order valence-electron chi connectivity index (χ3n) is 3.96. The highest BCUT2D eigenvalue weighted by atomic mass is 32.2. The van der Waals surface area contributed by atoms with Crippen molar-refractivity contribution in [1.82, 2.24) is 0 Å². The Labute approximate surface area is 147 Å². The number of anilines is 2. The van der Waals surface area contributed by atoms with Gasteiger partial charge < -0.3 is 4.74 Å². The Morgan fingerprint density at radius 3 is 2.32 bits per heavy atom. The van der Waals surface area contributed by atoms with Crippen LogP contribution in [-0.2, 0) is 26.5 Å². The topological polar surface area (TPSA) is 92.8 Å². The number of ether oxygens (including phenoxy) is 1. The number of hydrogen-bond donors (Lipinski definition) is 1. The summed E-state index contributed by atoms with van der Waals surface area (Å²) >= 11 is 0. The summed E-state index contributed by atoms with van der Waals surface area (Å²) in [5, 5.41) is 0. The van der Waals surface area contributed by atoms with Crippen molar-refractivity contribution >= 4 is 31.4 Å². The molecule has 0 bridgehead atoms. The van der Waals surface area contributed by atoms with Crippen LogP contribution in [0.1, 0.15) is 5.56 Å². The fourth-order valence-electron chi connectivity index (χ4n) is 2.73. The van der Waals surface area contributed by atoms with E-state index in [0.717, 1.165) is 6.26 Å². The van der Waals surface area contributed by atoms with Crippen LogP contribution in [0.3, 0.4) is 0 Å². The van der Waals surface area contributed by atoms with E-state index < -0.39 is 20.0 Å². The van der Waals surface area contributed by atoms with Gasteiger partial charge in [0.15, 0.2) is 0 Å². The van der Waals surface area contributed by atoms with Gasteiger partial charge >= 0.3 is 0 Å². The van der Waals surface area contributed by atoms with Crippen LogP contribution in [0.5, 0.6) is 5.75 Å². The molecule has 1 N–H and O–H groups in total. The Bertz CT molecular complexity index is 999. The molecule has 0 aromatic heterocycles. The maximum absolute atomic E-state index is 12.6. The molecule has 9 heteroatoms. The van der Waals surface area contributed by atoms with Gasteiger partial charge in [-0.15, -0.1) is 0 Å². The first-order chi connectivity index (χ1) is 11.7. The molecule has 0 spiro atoms. The third kappa shape index (κ3) is 3.57. The molecule has 0 fully saturated rings. The van der Waals surface area contributed by atoms with Gasteiger partial charge in [0.25, 0.3) is 10.0 Å². The summed E-state index contributed by atoms with van der Waals surface area (Å²) in [5.74, 6) is 0.626. The number of benzene rings is 2. The summed E-state index contributed by atoms with van der Waals surface area (Å²) in [5.41, 5.74) is 1.65. The molecule has 0 amide bonds. The SMILES string of the molecule is COc1ccc(NS(=O)(=O)c2ccc3c(c2)CCN3S(C)(=O)=O)cc1. The van der Waals surface area contributed by atoms with Crippen LogP contribution in [0, 0.1) is 0 Å². The van der Waals surface area contributed by atoms with E-state index in [0.29, 0.717) is 35.7 Å². The average molecular weight is 382 g/mol. The van der Waals surface area contributed by atoms with Crippen LogP contribution in [0.4, 0.5) is 11.4 Å². The van der Waals surface area contributed by atoms with Gasteiger partial charge in [-0.2, -0.15) is 0 Å². The van der Waals surface area contributed by atoms with Crippen molar-refractivity contribution in [2.75, 3.05) is 28.9 Å². The van der Waals surface area contributed by atoms with Crippen LogP contribution in [-0.4, -0.2) is 36.7 Å². The standard InChI is InChI=1S/C16H18N2O5S2/c1-23-14-5-3-13(4-6-14)17-25(21,22)15-7-8-16-12(11-15)9-10-18(16)24(2,19)20/h3-8,11,17H,9-10H2,1-2H3. The van der Waals surface area contributed by atoms with Gasteiger partial charge in [0.1, 0.15) is 5.75 Å². The number of sulfonamides is 2. The number of methoxy groups -OCH3 is 1. The van der Waals surface area contributed by atoms with E-state index in [4.69, 9.17) is 4.74 Å². The maximum Gasteiger partial charge on any atom is 0.261 e. The normalized spacial score (nSPS) is 14.2. The number of hydrogen-bond acceptors (Lipinski definition) is 5. The lowest BCUT2D eigenvalue weighted by Crippen LogP contribution is -2.27. The van der Waals surface area contributed by atoms with Crippen molar-refractivity contribution in [3.8, 4) is 5.75 Å². The summed E-state index contributed by atoms with van der Waals surface area (Å²) in [7, 11) is -5.60. The summed E-state index contributed by atoms with van der Waals surface area (Å²) < 4.78 is 57.5. The van der Waals surface area contributed by atoms with Gasteiger partial charge in [-0.1, -0.05) is 0 Å². The Kier molecular flexibility index (Phi) is 4.38. The van der Waals surface area contributed by atoms with Crippen LogP contribution >= 0.6 is 0 Å². The van der Waals surface area contributed by atoms with Crippen molar-refractivity contribution in [2.24, 2.45) is 0 Å². The third-order valence-corrected chi connectivity index (χ3v) is 6.52. The Balaban J connectivity index is 1.88. The predicted octanol–water partition coefficient (Wildman–Crippen LogP) is 1.82. The maximum atomic E-state index is 12.6. The zero-order valence-corrected chi connectivity index (χ0v) is 15.4. The van der Waals surface area contributed by atoms with E-state index >= 15 is 0 Å². The first kappa shape index (κ1) is 17.6. The van der Waals surface area contributed by atoms with Gasteiger partial charge in [-0.25, -0.2) is 16.8 Å². The van der Waals surface area contributed by atoms with Crippen LogP contribution in [0.25, 0.3) is 0 Å². The molecule has 0 aliphatic carbocycles. The summed E-state index contributed by atoms with van der Waals surface area (Å²) in [6, 6.07) is 11.0. The molecule has 25 heavy (non-hydrogen) atoms. The summed E-state index contributed by atoms with van der Waals surface area (Å²) in [4.78, 5) is 0.0948. The highest BCUT2D eigenvalue weighted by Crippen LogP contribution is 2.32. The monoisotopic (exact) mass is 382 g/mol. The van der Waals surface area contributed by atoms with Crippen molar-refractivity contribution in [3.63, 3.8) is 0 Å². The van der Waals surface area contributed by atoms with Crippen molar-refractivity contribution in [1.29, 1.82) is 0 Å². The molecule has 134 valence electrons. The second-order valence-corrected chi connectivity index (χ2v) is 9.30. The molecule has 0 saturated heterocycles. The van der Waals surface area contributed by atoms with Crippen LogP contribution in [0.2, 0.25) is 0 Å². The minimum Gasteiger partial charge on any atom is -0.497 e. The number of nitrogens with one attached hydrogen (secondary N) is 1. The molecular weight excluding hydrogens is 364 g/mol. The molecule has 1 aliphatic rings. The van der Waals surface area contributed by atoms with Crippen LogP contribution in [0.15, 0.2) is 47.4 Å². The second-order valence-electron chi connectivity index (χ2n) is 5.71. The molecule has 7 nitrogen and oxygen atoms in total. The minimum absolute atomic E-state index is 0.0948. The molecule has 3 rings (SSSR count). The molecule has 1 heterocycles. The molecule has 2 aromatic carbocycles. The molecule has 1 aliphatic heterocycles. The molecule has 0 unspecified atom stereocenters. The lowest BCUT2D eigenvalue weighted by Gasteiger charge is -2.16. The van der Waals surface area contributed by atoms with Gasteiger partial charge in [-0.3, -0.25) is 9.03 Å². The highest BCUT2D eigenvalue weighted by molar-refractivity contribution is 7.92. The van der Waals surface area contributed by atoms with Crippen molar-refractivity contribution in [2.45, 2.75) is 11.3 Å². The summed E-state index contributed by atoms with van der Waals surface area (Å²) in [6.45, 7) is 0.323. The second kappa shape index (κ2) is 6.23. The van der Waals surface area contributed by atoms with Crippen molar-refractivity contribution < 1.29 is 21.6 Å². The molecule has 0 saturated carbocycles. The van der Waals surface area contributed by atoms with Gasteiger partial charge in [0, 0.05) is 12.2 Å². The first-order valence-electron chi connectivity index (χ1n) is 7.48. The van der Waals surface area contributed by atoms with E-state index in [1.807, 2.05) is 0 Å². The minimum atomic E-state index is -3.77. The Hall–Kier alpha value is -2.26. The van der Waals surface area contributed by atoms with Gasteiger partial charge in [0.05, 0.1) is 23.9 Å². The largest absolute Gasteiger partial charge is 0.497 e. The lowest BCUT2D eigenvalue weighted by atomic mass is 10.2. The smallest absolute Gasteiger partial charge is 0.261 e. The van der Waals surface area contributed by atoms with Crippen molar-refractivity contribution in [3.05, 3.63) is 48.0 Å². The quantitative estimate of drug-likeness (QED) is 0.851. The van der Waals surface area contributed by atoms with Crippen LogP contribution < -0.4 is 13.8 Å². The van der Waals surface area contributed by atoms with E-state index in [-0.39, 0.29) is 4.90 Å². The number of nitrogens with zero attached hydrogens (tertiary/aromatic N) is 1. The molecular formula is C16H18N2O5S2. The van der Waals surface area contributed by atoms with E-state index in [1.54, 1.807) is 24.3 Å². The number of rotatable bonds is 5. The molecule has 0 radical (unpaired) electrons. The fraction of sp³-hybridized carbons (Fsp3) is 0.250.